The molecule has 0 radical (unpaired) electrons. The van der Waals surface area contributed by atoms with Gasteiger partial charge < -0.3 is 19.7 Å². The van der Waals surface area contributed by atoms with Gasteiger partial charge in [0.05, 0.1) is 11.4 Å². The summed E-state index contributed by atoms with van der Waals surface area (Å²) in [7, 11) is 2.16. The molecule has 1 atom stereocenters. The Labute approximate surface area is 170 Å². The van der Waals surface area contributed by atoms with Crippen molar-refractivity contribution in [1.29, 1.82) is 0 Å². The topological polar surface area (TPSA) is 65.2 Å². The van der Waals surface area contributed by atoms with Gasteiger partial charge in [-0.3, -0.25) is 0 Å². The predicted octanol–water partition coefficient (Wildman–Crippen LogP) is 3.58. The van der Waals surface area contributed by atoms with Gasteiger partial charge in [-0.15, -0.1) is 0 Å². The van der Waals surface area contributed by atoms with Crippen molar-refractivity contribution < 1.29 is 5.11 Å². The molecule has 4 heterocycles. The molecule has 2 N–H and O–H groups in total. The number of hydrogen-bond donors (Lipinski definition) is 2. The standard InChI is InChI=1S/C23H27N5O/c1-14-10-18(17-4-5-20-24-15(2)12-28(20)13-17)11-19-21(14)25-22(26-23(19)29)16-6-8-27(3)9-7-16/h4-5,10-13,16,23,29H,6-9H2,1-3H3,(H,25,26). The number of piperidine rings is 1. The summed E-state index contributed by atoms with van der Waals surface area (Å²) in [5.41, 5.74) is 6.96. The minimum atomic E-state index is -0.727. The van der Waals surface area contributed by atoms with Gasteiger partial charge in [-0.1, -0.05) is 0 Å². The Balaban J connectivity index is 1.52. The number of aliphatic imine (C=N–C) groups is 1. The molecule has 6 heteroatoms. The van der Waals surface area contributed by atoms with Crippen LogP contribution in [0.15, 0.2) is 41.7 Å². The second-order valence-electron chi connectivity index (χ2n) is 8.42. The third-order valence-electron chi connectivity index (χ3n) is 6.15. The number of aromatic nitrogens is 2. The number of nitrogens with zero attached hydrogens (tertiary/aromatic N) is 4. The number of hydrogen-bond acceptors (Lipinski definition) is 5. The molecule has 2 aromatic heterocycles. The summed E-state index contributed by atoms with van der Waals surface area (Å²) in [4.78, 5) is 11.8. The van der Waals surface area contributed by atoms with Gasteiger partial charge in [0.1, 0.15) is 11.5 Å². The molecule has 0 saturated carbocycles. The minimum absolute atomic E-state index is 0.389. The molecule has 2 aliphatic rings. The van der Waals surface area contributed by atoms with Gasteiger partial charge in [0.15, 0.2) is 6.23 Å². The lowest BCUT2D eigenvalue weighted by atomic mass is 9.92. The maximum absolute atomic E-state index is 10.9. The van der Waals surface area contributed by atoms with Crippen LogP contribution >= 0.6 is 0 Å². The first kappa shape index (κ1) is 18.3. The first-order valence-corrected chi connectivity index (χ1v) is 10.3. The van der Waals surface area contributed by atoms with Crippen LogP contribution in [0, 0.1) is 19.8 Å². The lowest BCUT2D eigenvalue weighted by Gasteiger charge is -2.33. The highest BCUT2D eigenvalue weighted by Gasteiger charge is 2.28. The Morgan fingerprint density at radius 1 is 1.07 bits per heavy atom. The summed E-state index contributed by atoms with van der Waals surface area (Å²) in [5.74, 6) is 1.32. The molecule has 150 valence electrons. The second kappa shape index (κ2) is 6.97. The van der Waals surface area contributed by atoms with E-state index in [1.807, 2.05) is 23.6 Å². The minimum Gasteiger partial charge on any atom is -0.369 e. The van der Waals surface area contributed by atoms with E-state index in [0.29, 0.717) is 5.92 Å². The van der Waals surface area contributed by atoms with Gasteiger partial charge in [0.2, 0.25) is 0 Å². The molecule has 0 spiro atoms. The van der Waals surface area contributed by atoms with E-state index in [9.17, 15) is 5.11 Å². The van der Waals surface area contributed by atoms with Crippen LogP contribution in [0.4, 0.5) is 5.69 Å². The molecule has 2 aliphatic heterocycles. The number of aliphatic hydroxyl groups is 1. The summed E-state index contributed by atoms with van der Waals surface area (Å²) >= 11 is 0. The largest absolute Gasteiger partial charge is 0.369 e. The molecule has 5 rings (SSSR count). The van der Waals surface area contributed by atoms with E-state index in [1.54, 1.807) is 0 Å². The van der Waals surface area contributed by atoms with Crippen molar-refractivity contribution in [2.75, 3.05) is 20.1 Å². The number of nitrogens with one attached hydrogen (secondary N) is 1. The van der Waals surface area contributed by atoms with E-state index in [1.165, 1.54) is 0 Å². The van der Waals surface area contributed by atoms with Crippen molar-refractivity contribution in [3.05, 3.63) is 53.5 Å². The molecule has 29 heavy (non-hydrogen) atoms. The van der Waals surface area contributed by atoms with Crippen LogP contribution in [0.5, 0.6) is 0 Å². The third-order valence-corrected chi connectivity index (χ3v) is 6.15. The van der Waals surface area contributed by atoms with E-state index in [4.69, 9.17) is 4.99 Å². The third kappa shape index (κ3) is 3.32. The molecule has 0 amide bonds. The lowest BCUT2D eigenvalue weighted by molar-refractivity contribution is 0.156. The van der Waals surface area contributed by atoms with Gasteiger partial charge in [-0.25, -0.2) is 9.98 Å². The van der Waals surface area contributed by atoms with Gasteiger partial charge in [0.25, 0.3) is 0 Å². The molecule has 3 aromatic rings. The fourth-order valence-electron chi connectivity index (χ4n) is 4.49. The first-order chi connectivity index (χ1) is 14.0. The van der Waals surface area contributed by atoms with Crippen molar-refractivity contribution in [2.24, 2.45) is 10.9 Å². The zero-order chi connectivity index (χ0) is 20.1. The number of imidazole rings is 1. The van der Waals surface area contributed by atoms with Crippen molar-refractivity contribution in [2.45, 2.75) is 32.9 Å². The zero-order valence-corrected chi connectivity index (χ0v) is 17.2. The summed E-state index contributed by atoms with van der Waals surface area (Å²) in [6.45, 7) is 6.22. The van der Waals surface area contributed by atoms with E-state index in [0.717, 1.165) is 71.0 Å². The maximum atomic E-state index is 10.9. The van der Waals surface area contributed by atoms with E-state index >= 15 is 0 Å². The Hall–Kier alpha value is -2.70. The number of aryl methyl sites for hydroxylation is 2. The normalized spacial score (nSPS) is 20.4. The Kier molecular flexibility index (Phi) is 4.41. The number of amidine groups is 1. The Bertz CT molecular complexity index is 1110. The maximum Gasteiger partial charge on any atom is 0.153 e. The van der Waals surface area contributed by atoms with Crippen LogP contribution in [-0.4, -0.2) is 45.4 Å². The predicted molar refractivity (Wildman–Crippen MR) is 116 cm³/mol. The van der Waals surface area contributed by atoms with Crippen LogP contribution in [0.2, 0.25) is 0 Å². The van der Waals surface area contributed by atoms with Gasteiger partial charge in [-0.05, 0) is 87.8 Å². The van der Waals surface area contributed by atoms with Crippen molar-refractivity contribution in [3.8, 4) is 11.1 Å². The monoisotopic (exact) mass is 389 g/mol. The summed E-state index contributed by atoms with van der Waals surface area (Å²) in [6.07, 6.45) is 5.54. The molecular formula is C23H27N5O. The number of pyridine rings is 1. The number of rotatable bonds is 2. The van der Waals surface area contributed by atoms with Crippen LogP contribution in [0.1, 0.15) is 35.9 Å². The summed E-state index contributed by atoms with van der Waals surface area (Å²) in [5, 5.41) is 14.1. The first-order valence-electron chi connectivity index (χ1n) is 10.3. The van der Waals surface area contributed by atoms with Gasteiger partial charge in [0, 0.05) is 23.9 Å². The van der Waals surface area contributed by atoms with Crippen molar-refractivity contribution in [3.63, 3.8) is 0 Å². The zero-order valence-electron chi connectivity index (χ0n) is 17.2. The average Bonchev–Trinajstić information content (AvgIpc) is 3.08. The molecule has 0 bridgehead atoms. The van der Waals surface area contributed by atoms with Crippen LogP contribution in [0.3, 0.4) is 0 Å². The molecule has 1 aromatic carbocycles. The number of benzene rings is 1. The van der Waals surface area contributed by atoms with Crippen LogP contribution in [0.25, 0.3) is 16.8 Å². The smallest absolute Gasteiger partial charge is 0.153 e. The number of aliphatic hydroxyl groups excluding tert-OH is 1. The van der Waals surface area contributed by atoms with E-state index < -0.39 is 6.23 Å². The lowest BCUT2D eigenvalue weighted by Crippen LogP contribution is -2.41. The summed E-state index contributed by atoms with van der Waals surface area (Å²) < 4.78 is 2.05. The SMILES string of the molecule is Cc1cn2cc(-c3cc(C)c4c(c3)C(O)NC(C3CCN(C)CC3)=N4)ccc2n1. The highest BCUT2D eigenvalue weighted by molar-refractivity contribution is 5.90. The molecular weight excluding hydrogens is 362 g/mol. The van der Waals surface area contributed by atoms with Gasteiger partial charge in [-0.2, -0.15) is 0 Å². The van der Waals surface area contributed by atoms with Gasteiger partial charge >= 0.3 is 0 Å². The quantitative estimate of drug-likeness (QED) is 0.703. The fraction of sp³-hybridized carbons (Fsp3) is 0.391. The van der Waals surface area contributed by atoms with Crippen molar-refractivity contribution in [1.82, 2.24) is 19.6 Å². The molecule has 0 aliphatic carbocycles. The van der Waals surface area contributed by atoms with Crippen LogP contribution < -0.4 is 5.32 Å². The summed E-state index contributed by atoms with van der Waals surface area (Å²) in [6, 6.07) is 8.33. The average molecular weight is 390 g/mol. The van der Waals surface area contributed by atoms with Crippen molar-refractivity contribution >= 4 is 17.2 Å². The molecule has 1 unspecified atom stereocenters. The molecule has 1 fully saturated rings. The molecule has 6 nitrogen and oxygen atoms in total. The number of likely N-dealkylation sites (tertiary alicyclic amines) is 1. The Morgan fingerprint density at radius 2 is 1.86 bits per heavy atom. The van der Waals surface area contributed by atoms with E-state index in [-0.39, 0.29) is 0 Å². The fourth-order valence-corrected chi connectivity index (χ4v) is 4.49. The van der Waals surface area contributed by atoms with Crippen LogP contribution in [-0.2, 0) is 0 Å². The highest BCUT2D eigenvalue weighted by Crippen LogP contribution is 2.37. The second-order valence-corrected chi connectivity index (χ2v) is 8.42. The van der Waals surface area contributed by atoms with E-state index in [2.05, 4.69) is 53.6 Å². The highest BCUT2D eigenvalue weighted by atomic mass is 16.3. The number of fused-ring (bicyclic) bond motifs is 2. The molecule has 1 saturated heterocycles. The Morgan fingerprint density at radius 3 is 2.66 bits per heavy atom.